The first kappa shape index (κ1) is 11.3. The third-order valence-electron chi connectivity index (χ3n) is 1.67. The lowest BCUT2D eigenvalue weighted by molar-refractivity contribution is 0.450. The van der Waals surface area contributed by atoms with Crippen LogP contribution in [-0.2, 0) is 0 Å². The molecule has 0 amide bonds. The molecule has 0 atom stereocenters. The van der Waals surface area contributed by atoms with Crippen molar-refractivity contribution in [3.8, 4) is 11.6 Å². The quantitative estimate of drug-likeness (QED) is 0.846. The topological polar surface area (TPSA) is 35.0 Å². The lowest BCUT2D eigenvalue weighted by Gasteiger charge is -2.04. The Bertz CT molecular complexity index is 486. The van der Waals surface area contributed by atoms with E-state index in [2.05, 4.69) is 26.1 Å². The van der Waals surface area contributed by atoms with Gasteiger partial charge in [0, 0.05) is 16.6 Å². The minimum Gasteiger partial charge on any atom is -0.437 e. The minimum atomic E-state index is -0.397. The van der Waals surface area contributed by atoms with Crippen molar-refractivity contribution in [3.63, 3.8) is 0 Å². The number of rotatable bonds is 2. The molecule has 0 aliphatic rings. The van der Waals surface area contributed by atoms with Crippen molar-refractivity contribution in [2.24, 2.45) is 0 Å². The summed E-state index contributed by atoms with van der Waals surface area (Å²) in [6.45, 7) is 0. The summed E-state index contributed by atoms with van der Waals surface area (Å²) in [6, 6.07) is 7.30. The summed E-state index contributed by atoms with van der Waals surface area (Å²) >= 11 is 8.73. The summed E-state index contributed by atoms with van der Waals surface area (Å²) in [5, 5.41) is 7.57. The fraction of sp³-hybridized carbons (Fsp3) is 0. The monoisotopic (exact) mass is 302 g/mol. The largest absolute Gasteiger partial charge is 0.437 e. The van der Waals surface area contributed by atoms with Gasteiger partial charge in [-0.2, -0.15) is 0 Å². The molecule has 3 nitrogen and oxygen atoms in total. The molecule has 0 saturated heterocycles. The Hall–Kier alpha value is -1.20. The Labute approximate surface area is 104 Å². The minimum absolute atomic E-state index is 0.252. The summed E-state index contributed by atoms with van der Waals surface area (Å²) in [7, 11) is 0. The highest BCUT2D eigenvalue weighted by Crippen LogP contribution is 2.24. The zero-order chi connectivity index (χ0) is 11.5. The molecule has 1 aromatic carbocycles. The summed E-state index contributed by atoms with van der Waals surface area (Å²) in [4.78, 5) is 0. The lowest BCUT2D eigenvalue weighted by Crippen LogP contribution is -1.90. The molecule has 2 rings (SSSR count). The van der Waals surface area contributed by atoms with Gasteiger partial charge in [-0.25, -0.2) is 4.39 Å². The predicted molar refractivity (Wildman–Crippen MR) is 61.2 cm³/mol. The average Bonchev–Trinajstić information content (AvgIpc) is 2.20. The van der Waals surface area contributed by atoms with Gasteiger partial charge < -0.3 is 4.74 Å². The average molecular weight is 304 g/mol. The van der Waals surface area contributed by atoms with E-state index in [-0.39, 0.29) is 11.0 Å². The van der Waals surface area contributed by atoms with Crippen LogP contribution in [0.5, 0.6) is 11.6 Å². The molecule has 1 heterocycles. The van der Waals surface area contributed by atoms with Crippen molar-refractivity contribution in [3.05, 3.63) is 45.8 Å². The van der Waals surface area contributed by atoms with Gasteiger partial charge in [-0.05, 0) is 18.2 Å². The summed E-state index contributed by atoms with van der Waals surface area (Å²) < 4.78 is 18.9. The second-order valence-corrected chi connectivity index (χ2v) is 4.20. The second-order valence-electron chi connectivity index (χ2n) is 2.90. The maximum atomic E-state index is 13.0. The molecule has 0 radical (unpaired) electrons. The standard InChI is InChI=1S/C10H5BrClFN2O/c11-6-3-7(13)5-8(4-6)16-10-2-1-9(12)14-15-10/h1-5H. The highest BCUT2D eigenvalue weighted by atomic mass is 79.9. The zero-order valence-corrected chi connectivity index (χ0v) is 10.2. The van der Waals surface area contributed by atoms with Gasteiger partial charge in [0.2, 0.25) is 5.88 Å². The van der Waals surface area contributed by atoms with Gasteiger partial charge in [0.15, 0.2) is 5.15 Å². The molecule has 0 bridgehead atoms. The highest BCUT2D eigenvalue weighted by molar-refractivity contribution is 9.10. The Morgan fingerprint density at radius 3 is 2.62 bits per heavy atom. The van der Waals surface area contributed by atoms with Gasteiger partial charge in [0.05, 0.1) is 0 Å². The van der Waals surface area contributed by atoms with Crippen LogP contribution in [0.4, 0.5) is 4.39 Å². The molecule has 0 N–H and O–H groups in total. The van der Waals surface area contributed by atoms with E-state index < -0.39 is 5.82 Å². The Kier molecular flexibility index (Phi) is 3.36. The van der Waals surface area contributed by atoms with Crippen LogP contribution in [0.1, 0.15) is 0 Å². The molecule has 1 aromatic heterocycles. The first-order valence-corrected chi connectivity index (χ1v) is 5.44. The SMILES string of the molecule is Fc1cc(Br)cc(Oc2ccc(Cl)nn2)c1. The van der Waals surface area contributed by atoms with E-state index >= 15 is 0 Å². The molecule has 0 saturated carbocycles. The Morgan fingerprint density at radius 1 is 1.19 bits per heavy atom. The van der Waals surface area contributed by atoms with Crippen LogP contribution in [0, 0.1) is 5.82 Å². The van der Waals surface area contributed by atoms with E-state index in [4.69, 9.17) is 16.3 Å². The molecular weight excluding hydrogens is 298 g/mol. The molecule has 0 aliphatic heterocycles. The molecule has 0 spiro atoms. The number of hydrogen-bond acceptors (Lipinski definition) is 3. The fourth-order valence-electron chi connectivity index (χ4n) is 1.07. The number of nitrogens with zero attached hydrogens (tertiary/aromatic N) is 2. The van der Waals surface area contributed by atoms with Gasteiger partial charge >= 0.3 is 0 Å². The van der Waals surface area contributed by atoms with Crippen LogP contribution in [0.15, 0.2) is 34.8 Å². The van der Waals surface area contributed by atoms with Gasteiger partial charge in [-0.1, -0.05) is 27.5 Å². The molecule has 6 heteroatoms. The summed E-state index contributed by atoms with van der Waals surface area (Å²) in [5.41, 5.74) is 0. The zero-order valence-electron chi connectivity index (χ0n) is 7.82. The van der Waals surface area contributed by atoms with Crippen molar-refractivity contribution >= 4 is 27.5 Å². The van der Waals surface area contributed by atoms with Crippen LogP contribution in [0.3, 0.4) is 0 Å². The maximum absolute atomic E-state index is 13.0. The molecular formula is C10H5BrClFN2O. The number of benzene rings is 1. The second kappa shape index (κ2) is 4.76. The van der Waals surface area contributed by atoms with Crippen LogP contribution < -0.4 is 4.74 Å². The normalized spacial score (nSPS) is 10.2. The highest BCUT2D eigenvalue weighted by Gasteiger charge is 2.03. The first-order chi connectivity index (χ1) is 7.63. The maximum Gasteiger partial charge on any atom is 0.238 e. The lowest BCUT2D eigenvalue weighted by atomic mass is 10.3. The number of aromatic nitrogens is 2. The van der Waals surface area contributed by atoms with Crippen molar-refractivity contribution in [2.75, 3.05) is 0 Å². The Balaban J connectivity index is 2.23. The van der Waals surface area contributed by atoms with Gasteiger partial charge in [-0.3, -0.25) is 0 Å². The first-order valence-electron chi connectivity index (χ1n) is 4.27. The third-order valence-corrected chi connectivity index (χ3v) is 2.33. The van der Waals surface area contributed by atoms with Crippen LogP contribution in [-0.4, -0.2) is 10.2 Å². The van der Waals surface area contributed by atoms with Gasteiger partial charge in [0.25, 0.3) is 0 Å². The molecule has 0 unspecified atom stereocenters. The number of halogens is 3. The van der Waals surface area contributed by atoms with E-state index in [9.17, 15) is 4.39 Å². The van der Waals surface area contributed by atoms with Crippen molar-refractivity contribution in [1.29, 1.82) is 0 Å². The van der Waals surface area contributed by atoms with E-state index in [0.717, 1.165) is 0 Å². The van der Waals surface area contributed by atoms with Gasteiger partial charge in [-0.15, -0.1) is 10.2 Å². The van der Waals surface area contributed by atoms with E-state index in [1.807, 2.05) is 0 Å². The number of hydrogen-bond donors (Lipinski definition) is 0. The molecule has 16 heavy (non-hydrogen) atoms. The van der Waals surface area contributed by atoms with Crippen molar-refractivity contribution in [1.82, 2.24) is 10.2 Å². The number of ether oxygens (including phenoxy) is 1. The Morgan fingerprint density at radius 2 is 2.00 bits per heavy atom. The van der Waals surface area contributed by atoms with Crippen LogP contribution in [0.2, 0.25) is 5.15 Å². The van der Waals surface area contributed by atoms with Crippen LogP contribution >= 0.6 is 27.5 Å². The third kappa shape index (κ3) is 2.90. The summed E-state index contributed by atoms with van der Waals surface area (Å²) in [6.07, 6.45) is 0. The fourth-order valence-corrected chi connectivity index (χ4v) is 1.61. The molecule has 2 aromatic rings. The summed E-state index contributed by atoms with van der Waals surface area (Å²) in [5.74, 6) is 0.191. The predicted octanol–water partition coefficient (Wildman–Crippen LogP) is 3.82. The smallest absolute Gasteiger partial charge is 0.238 e. The molecule has 0 aliphatic carbocycles. The van der Waals surface area contributed by atoms with Gasteiger partial charge in [0.1, 0.15) is 11.6 Å². The van der Waals surface area contributed by atoms with E-state index in [1.54, 1.807) is 12.1 Å². The molecule has 0 fully saturated rings. The van der Waals surface area contributed by atoms with E-state index in [0.29, 0.717) is 10.2 Å². The van der Waals surface area contributed by atoms with Crippen LogP contribution in [0.25, 0.3) is 0 Å². The van der Waals surface area contributed by atoms with Crippen molar-refractivity contribution in [2.45, 2.75) is 0 Å². The van der Waals surface area contributed by atoms with E-state index in [1.165, 1.54) is 18.2 Å². The molecule has 82 valence electrons. The van der Waals surface area contributed by atoms with Crippen molar-refractivity contribution < 1.29 is 9.13 Å².